The van der Waals surface area contributed by atoms with Crippen LogP contribution in [0.25, 0.3) is 5.69 Å². The molecule has 24 heavy (non-hydrogen) atoms. The van der Waals surface area contributed by atoms with Crippen molar-refractivity contribution >= 4 is 22.4 Å². The predicted octanol–water partition coefficient (Wildman–Crippen LogP) is 1.85. The Morgan fingerprint density at radius 2 is 2.12 bits per heavy atom. The second-order valence-corrected chi connectivity index (χ2v) is 7.78. The topological polar surface area (TPSA) is 81.2 Å². The van der Waals surface area contributed by atoms with E-state index < -0.39 is 15.8 Å². The summed E-state index contributed by atoms with van der Waals surface area (Å²) in [5, 5.41) is 4.04. The maximum atomic E-state index is 14.4. The molecule has 1 saturated heterocycles. The average Bonchev–Trinajstić information content (AvgIpc) is 2.93. The first-order valence-corrected chi connectivity index (χ1v) is 8.89. The van der Waals surface area contributed by atoms with E-state index in [0.29, 0.717) is 13.0 Å². The van der Waals surface area contributed by atoms with Crippen molar-refractivity contribution in [1.82, 2.24) is 14.1 Å². The number of aryl methyl sites for hydroxylation is 1. The van der Waals surface area contributed by atoms with Crippen molar-refractivity contribution < 1.29 is 12.8 Å². The molecule has 1 unspecified atom stereocenters. The van der Waals surface area contributed by atoms with E-state index in [1.807, 2.05) is 6.92 Å². The normalized spacial score (nSPS) is 19.0. The molecular formula is C15H20ClFN4O2S. The third kappa shape index (κ3) is 3.61. The number of hydrogen-bond acceptors (Lipinski definition) is 4. The van der Waals surface area contributed by atoms with E-state index in [9.17, 15) is 12.8 Å². The Morgan fingerprint density at radius 3 is 2.71 bits per heavy atom. The van der Waals surface area contributed by atoms with Gasteiger partial charge in [-0.05, 0) is 43.5 Å². The van der Waals surface area contributed by atoms with Gasteiger partial charge in [-0.2, -0.15) is 9.40 Å². The molecule has 2 N–H and O–H groups in total. The van der Waals surface area contributed by atoms with Gasteiger partial charge in [-0.1, -0.05) is 0 Å². The summed E-state index contributed by atoms with van der Waals surface area (Å²) >= 11 is 0. The van der Waals surface area contributed by atoms with Crippen LogP contribution in [0.4, 0.5) is 4.39 Å². The lowest BCUT2D eigenvalue weighted by Gasteiger charge is -2.29. The highest BCUT2D eigenvalue weighted by Crippen LogP contribution is 2.23. The number of halogens is 2. The summed E-state index contributed by atoms with van der Waals surface area (Å²) in [4.78, 5) is -0.0586. The minimum absolute atomic E-state index is 0. The van der Waals surface area contributed by atoms with Crippen LogP contribution in [-0.2, 0) is 10.0 Å². The number of aromatic nitrogens is 2. The van der Waals surface area contributed by atoms with Crippen LogP contribution in [0.1, 0.15) is 18.4 Å². The molecule has 0 spiro atoms. The van der Waals surface area contributed by atoms with Crippen LogP contribution >= 0.6 is 12.4 Å². The highest BCUT2D eigenvalue weighted by molar-refractivity contribution is 7.89. The van der Waals surface area contributed by atoms with Crippen molar-refractivity contribution in [3.63, 3.8) is 0 Å². The SMILES string of the molecule is Cc1cnn(-c2ccc(S(=O)(=O)N3CCCC(N)C3)cc2F)c1.Cl. The molecule has 0 radical (unpaired) electrons. The molecule has 1 aliphatic heterocycles. The van der Waals surface area contributed by atoms with Gasteiger partial charge in [0.15, 0.2) is 0 Å². The molecule has 1 aliphatic rings. The second kappa shape index (κ2) is 7.18. The minimum atomic E-state index is -3.73. The summed E-state index contributed by atoms with van der Waals surface area (Å²) in [5.74, 6) is -0.629. The van der Waals surface area contributed by atoms with Gasteiger partial charge in [0.05, 0.1) is 11.1 Å². The molecule has 9 heteroatoms. The van der Waals surface area contributed by atoms with E-state index in [1.54, 1.807) is 12.4 Å². The van der Waals surface area contributed by atoms with Gasteiger partial charge >= 0.3 is 0 Å². The summed E-state index contributed by atoms with van der Waals surface area (Å²) in [7, 11) is -3.73. The molecule has 1 aromatic carbocycles. The molecule has 0 amide bonds. The monoisotopic (exact) mass is 374 g/mol. The molecule has 1 aromatic heterocycles. The van der Waals surface area contributed by atoms with Gasteiger partial charge in [0.25, 0.3) is 0 Å². The highest BCUT2D eigenvalue weighted by Gasteiger charge is 2.29. The summed E-state index contributed by atoms with van der Waals surface area (Å²) in [6.45, 7) is 2.53. The number of nitrogens with two attached hydrogens (primary N) is 1. The third-order valence-corrected chi connectivity index (χ3v) is 5.80. The molecule has 6 nitrogen and oxygen atoms in total. The number of piperidine rings is 1. The van der Waals surface area contributed by atoms with Crippen LogP contribution in [0.2, 0.25) is 0 Å². The summed E-state index contributed by atoms with van der Waals surface area (Å²) in [6.07, 6.45) is 4.81. The lowest BCUT2D eigenvalue weighted by molar-refractivity contribution is 0.316. The molecule has 0 bridgehead atoms. The van der Waals surface area contributed by atoms with E-state index in [2.05, 4.69) is 5.10 Å². The van der Waals surface area contributed by atoms with Gasteiger partial charge in [-0.3, -0.25) is 0 Å². The van der Waals surface area contributed by atoms with Gasteiger partial charge in [-0.15, -0.1) is 12.4 Å². The standard InChI is InChI=1S/C15H19FN4O2S.ClH/c1-11-8-18-20(9-11)15-5-4-13(7-14(15)16)23(21,22)19-6-2-3-12(17)10-19;/h4-5,7-9,12H,2-3,6,10,17H2,1H3;1H. The van der Waals surface area contributed by atoms with Crippen LogP contribution in [-0.4, -0.2) is 41.6 Å². The van der Waals surface area contributed by atoms with Crippen molar-refractivity contribution in [2.24, 2.45) is 5.73 Å². The molecule has 132 valence electrons. The van der Waals surface area contributed by atoms with Gasteiger partial charge in [0, 0.05) is 25.3 Å². The highest BCUT2D eigenvalue weighted by atomic mass is 35.5. The smallest absolute Gasteiger partial charge is 0.243 e. The average molecular weight is 375 g/mol. The molecular weight excluding hydrogens is 355 g/mol. The third-order valence-electron chi connectivity index (χ3n) is 3.94. The minimum Gasteiger partial charge on any atom is -0.327 e. The van der Waals surface area contributed by atoms with E-state index in [-0.39, 0.29) is 35.6 Å². The van der Waals surface area contributed by atoms with Crippen LogP contribution in [0, 0.1) is 12.7 Å². The van der Waals surface area contributed by atoms with E-state index in [4.69, 9.17) is 5.73 Å². The van der Waals surface area contributed by atoms with Crippen LogP contribution in [0.15, 0.2) is 35.5 Å². The quantitative estimate of drug-likeness (QED) is 0.889. The first kappa shape index (κ1) is 18.9. The maximum Gasteiger partial charge on any atom is 0.243 e. The zero-order valence-electron chi connectivity index (χ0n) is 13.2. The predicted molar refractivity (Wildman–Crippen MR) is 91.5 cm³/mol. The lowest BCUT2D eigenvalue weighted by Crippen LogP contribution is -2.45. The Kier molecular flexibility index (Phi) is 5.64. The second-order valence-electron chi connectivity index (χ2n) is 5.84. The first-order valence-electron chi connectivity index (χ1n) is 7.45. The Balaban J connectivity index is 0.00000208. The van der Waals surface area contributed by atoms with E-state index >= 15 is 0 Å². The van der Waals surface area contributed by atoms with Gasteiger partial charge < -0.3 is 5.73 Å². The number of rotatable bonds is 3. The van der Waals surface area contributed by atoms with Crippen LogP contribution in [0.3, 0.4) is 0 Å². The molecule has 0 aliphatic carbocycles. The van der Waals surface area contributed by atoms with Crippen molar-refractivity contribution in [3.05, 3.63) is 42.0 Å². The first-order chi connectivity index (χ1) is 10.9. The van der Waals surface area contributed by atoms with Gasteiger partial charge in [-0.25, -0.2) is 17.5 Å². The zero-order chi connectivity index (χ0) is 16.6. The number of hydrogen-bond donors (Lipinski definition) is 1. The fourth-order valence-corrected chi connectivity index (χ4v) is 4.27. The Hall–Kier alpha value is -1.48. The van der Waals surface area contributed by atoms with Crippen molar-refractivity contribution in [3.8, 4) is 5.69 Å². The maximum absolute atomic E-state index is 14.4. The molecule has 1 fully saturated rings. The number of nitrogens with zero attached hydrogens (tertiary/aromatic N) is 3. The molecule has 0 saturated carbocycles. The van der Waals surface area contributed by atoms with E-state index in [0.717, 1.165) is 18.1 Å². The van der Waals surface area contributed by atoms with Crippen molar-refractivity contribution in [1.29, 1.82) is 0 Å². The fourth-order valence-electron chi connectivity index (χ4n) is 2.72. The van der Waals surface area contributed by atoms with Crippen molar-refractivity contribution in [2.75, 3.05) is 13.1 Å². The van der Waals surface area contributed by atoms with Gasteiger partial charge in [0.2, 0.25) is 10.0 Å². The molecule has 3 rings (SSSR count). The summed E-state index contributed by atoms with van der Waals surface area (Å²) < 4.78 is 42.3. The van der Waals surface area contributed by atoms with Gasteiger partial charge in [0.1, 0.15) is 11.5 Å². The van der Waals surface area contributed by atoms with Crippen LogP contribution < -0.4 is 5.73 Å². The molecule has 2 aromatic rings. The number of sulfonamides is 1. The van der Waals surface area contributed by atoms with Crippen LogP contribution in [0.5, 0.6) is 0 Å². The largest absolute Gasteiger partial charge is 0.327 e. The van der Waals surface area contributed by atoms with E-state index in [1.165, 1.54) is 21.1 Å². The number of benzene rings is 1. The Labute approximate surface area is 146 Å². The van der Waals surface area contributed by atoms with Crippen molar-refractivity contribution in [2.45, 2.75) is 30.7 Å². The Morgan fingerprint density at radius 1 is 1.38 bits per heavy atom. The lowest BCUT2D eigenvalue weighted by atomic mass is 10.1. The molecule has 2 heterocycles. The summed E-state index contributed by atoms with van der Waals surface area (Å²) in [6, 6.07) is 3.71. The Bertz CT molecular complexity index is 825. The zero-order valence-corrected chi connectivity index (χ0v) is 14.9. The summed E-state index contributed by atoms with van der Waals surface area (Å²) in [5.41, 5.74) is 6.95. The fraction of sp³-hybridized carbons (Fsp3) is 0.400. The molecule has 1 atom stereocenters.